The van der Waals surface area contributed by atoms with Crippen LogP contribution in [0.25, 0.3) is 0 Å². The van der Waals surface area contributed by atoms with E-state index in [0.717, 1.165) is 6.42 Å². The summed E-state index contributed by atoms with van der Waals surface area (Å²) in [5.74, 6) is 0. The van der Waals surface area contributed by atoms with Gasteiger partial charge in [0.25, 0.3) is 0 Å². The van der Waals surface area contributed by atoms with Crippen molar-refractivity contribution in [2.45, 2.75) is 45.7 Å². The van der Waals surface area contributed by atoms with Gasteiger partial charge in [-0.1, -0.05) is 0 Å². The van der Waals surface area contributed by atoms with E-state index < -0.39 is 8.80 Å². The minimum Gasteiger partial charge on any atom is -1.00 e. The summed E-state index contributed by atoms with van der Waals surface area (Å²) in [5, 5.41) is 1.71. The van der Waals surface area contributed by atoms with Gasteiger partial charge in [-0.15, -0.1) is 0 Å². The monoisotopic (exact) mass is 574 g/mol. The second kappa shape index (κ2) is 13.0. The summed E-state index contributed by atoms with van der Waals surface area (Å²) in [7, 11) is -1.06. The largest absolute Gasteiger partial charge is 1.00 e. The zero-order chi connectivity index (χ0) is 22.9. The van der Waals surface area contributed by atoms with Gasteiger partial charge in [-0.2, -0.15) is 0 Å². The van der Waals surface area contributed by atoms with Crippen LogP contribution >= 0.6 is 0 Å². The Labute approximate surface area is 244 Å². The van der Waals surface area contributed by atoms with Crippen molar-refractivity contribution < 1.29 is 57.7 Å². The molecule has 35 heavy (non-hydrogen) atoms. The van der Waals surface area contributed by atoms with E-state index in [1.165, 1.54) is 20.6 Å². The first-order valence-corrected chi connectivity index (χ1v) is 15.3. The Hall–Kier alpha value is -1.06. The molecule has 1 aliphatic rings. The maximum atomic E-state index is 2.50. The van der Waals surface area contributed by atoms with Crippen LogP contribution in [0, 0.1) is 5.41 Å². The number of rotatable bonds is 5. The average molecular weight is 576 g/mol. The van der Waals surface area contributed by atoms with Crippen LogP contribution in [-0.4, -0.2) is 8.80 Å². The van der Waals surface area contributed by atoms with Crippen molar-refractivity contribution in [1.82, 2.24) is 0 Å². The first-order valence-electron chi connectivity index (χ1n) is 11.6. The molecule has 0 nitrogen and oxygen atoms in total. The van der Waals surface area contributed by atoms with E-state index in [-0.39, 0.29) is 48.1 Å². The molecule has 1 aliphatic carbocycles. The van der Waals surface area contributed by atoms with Crippen molar-refractivity contribution >= 4 is 8.80 Å². The SMILES string of the molecule is C[SiH](C)C1=C(C(c2ccccc2)(c2ccccc2)c2ccccc2)[C]([Ti+3])=C(C(C)(C)C)C1.[Cl-].[Cl-].[Cl-]. The van der Waals surface area contributed by atoms with E-state index in [2.05, 4.69) is 145 Å². The van der Waals surface area contributed by atoms with Crippen molar-refractivity contribution in [1.29, 1.82) is 0 Å². The predicted octanol–water partition coefficient (Wildman–Crippen LogP) is -1.39. The number of hydrogen-bond donors (Lipinski definition) is 0. The molecule has 0 N–H and O–H groups in total. The minimum atomic E-state index is -1.06. The molecule has 0 radical (unpaired) electrons. The van der Waals surface area contributed by atoms with Crippen LogP contribution in [0.3, 0.4) is 0 Å². The number of benzene rings is 3. The Morgan fingerprint density at radius 1 is 0.629 bits per heavy atom. The number of hydrogen-bond acceptors (Lipinski definition) is 0. The van der Waals surface area contributed by atoms with Crippen molar-refractivity contribution in [3.8, 4) is 0 Å². The zero-order valence-electron chi connectivity index (χ0n) is 21.1. The molecule has 0 aliphatic heterocycles. The molecular formula is C30H33Cl3SiTi. The summed E-state index contributed by atoms with van der Waals surface area (Å²) in [6.07, 6.45) is 1.13. The summed E-state index contributed by atoms with van der Waals surface area (Å²) in [5.41, 5.74) is 7.09. The van der Waals surface area contributed by atoms with E-state index in [0.29, 0.717) is 0 Å². The number of halogens is 3. The summed E-state index contributed by atoms with van der Waals surface area (Å²) in [4.78, 5) is 0. The standard InChI is InChI=1S/C30H33Si.3ClH.Ti/c1-29(2,3)26-21-27(28(22-26)31(4)5)30(23-15-9-6-10-16-23,24-17-11-7-12-18-24)25-19-13-8-14-20-25;;;;/h6-20,31H,22H2,1-5H3;3*1H;/q;;;;+3/p-3. The van der Waals surface area contributed by atoms with Crippen molar-refractivity contribution in [2.75, 3.05) is 0 Å². The Balaban J connectivity index is 0.00000204. The van der Waals surface area contributed by atoms with E-state index in [1.807, 2.05) is 0 Å². The van der Waals surface area contributed by atoms with Gasteiger partial charge in [0, 0.05) is 0 Å². The fourth-order valence-corrected chi connectivity index (χ4v) is 8.28. The molecule has 0 fully saturated rings. The second-order valence-corrected chi connectivity index (χ2v) is 14.0. The molecule has 3 aromatic rings. The van der Waals surface area contributed by atoms with E-state index >= 15 is 0 Å². The Bertz CT molecular complexity index is 1050. The first-order chi connectivity index (χ1) is 15.3. The van der Waals surface area contributed by atoms with Crippen LogP contribution in [0.15, 0.2) is 111 Å². The molecule has 182 valence electrons. The molecule has 3 aromatic carbocycles. The fourth-order valence-electron chi connectivity index (χ4n) is 5.24. The molecule has 0 bridgehead atoms. The molecule has 5 heteroatoms. The average Bonchev–Trinajstić information content (AvgIpc) is 3.15. The Morgan fingerprint density at radius 2 is 0.971 bits per heavy atom. The quantitative estimate of drug-likeness (QED) is 0.260. The maximum Gasteiger partial charge on any atom is -1.00 e. The van der Waals surface area contributed by atoms with Gasteiger partial charge >= 0.3 is 208 Å². The van der Waals surface area contributed by atoms with Gasteiger partial charge in [0.1, 0.15) is 0 Å². The van der Waals surface area contributed by atoms with Gasteiger partial charge < -0.3 is 37.2 Å². The third kappa shape index (κ3) is 5.93. The third-order valence-electron chi connectivity index (χ3n) is 6.84. The molecular weight excluding hydrogens is 543 g/mol. The molecule has 0 heterocycles. The molecule has 0 aromatic heterocycles. The molecule has 0 saturated heterocycles. The molecule has 0 unspecified atom stereocenters. The van der Waals surface area contributed by atoms with E-state index in [1.54, 1.807) is 16.3 Å². The van der Waals surface area contributed by atoms with Crippen molar-refractivity contribution in [3.05, 3.63) is 128 Å². The summed E-state index contributed by atoms with van der Waals surface area (Å²) in [6.45, 7) is 12.1. The molecule has 0 spiro atoms. The zero-order valence-corrected chi connectivity index (χ0v) is 26.1. The van der Waals surface area contributed by atoms with Gasteiger partial charge in [-0.3, -0.25) is 0 Å². The van der Waals surface area contributed by atoms with Crippen LogP contribution in [-0.2, 0) is 25.9 Å². The van der Waals surface area contributed by atoms with Gasteiger partial charge in [-0.25, -0.2) is 0 Å². The van der Waals surface area contributed by atoms with Crippen LogP contribution in [0.1, 0.15) is 43.9 Å². The van der Waals surface area contributed by atoms with Gasteiger partial charge in [0.05, 0.1) is 0 Å². The minimum absolute atomic E-state index is 0. The van der Waals surface area contributed by atoms with Crippen LogP contribution in [0.4, 0.5) is 0 Å². The first kappa shape index (κ1) is 32.0. The van der Waals surface area contributed by atoms with Gasteiger partial charge in [0.15, 0.2) is 0 Å². The van der Waals surface area contributed by atoms with Crippen molar-refractivity contribution in [3.63, 3.8) is 0 Å². The second-order valence-electron chi connectivity index (χ2n) is 10.2. The fraction of sp³-hybridized carbons (Fsp3) is 0.267. The predicted molar refractivity (Wildman–Crippen MR) is 136 cm³/mol. The van der Waals surface area contributed by atoms with Crippen molar-refractivity contribution in [2.24, 2.45) is 5.41 Å². The van der Waals surface area contributed by atoms with Crippen LogP contribution in [0.5, 0.6) is 0 Å². The van der Waals surface area contributed by atoms with Gasteiger partial charge in [0.2, 0.25) is 0 Å². The topological polar surface area (TPSA) is 0 Å². The smallest absolute Gasteiger partial charge is 1.00 e. The summed E-state index contributed by atoms with van der Waals surface area (Å²) in [6, 6.07) is 33.5. The molecule has 0 saturated carbocycles. The molecule has 4 rings (SSSR count). The van der Waals surface area contributed by atoms with Crippen LogP contribution in [0.2, 0.25) is 13.1 Å². The summed E-state index contributed by atoms with van der Waals surface area (Å²) < 4.78 is 1.50. The maximum absolute atomic E-state index is 2.50. The Kier molecular flexibility index (Phi) is 11.8. The Morgan fingerprint density at radius 3 is 1.26 bits per heavy atom. The molecule has 0 atom stereocenters. The van der Waals surface area contributed by atoms with Crippen LogP contribution < -0.4 is 37.2 Å². The van der Waals surface area contributed by atoms with E-state index in [4.69, 9.17) is 0 Å². The van der Waals surface area contributed by atoms with E-state index in [9.17, 15) is 0 Å². The molecule has 0 amide bonds. The number of allylic oxidation sites excluding steroid dienone is 4. The normalized spacial score (nSPS) is 13.8. The van der Waals surface area contributed by atoms with Gasteiger partial charge in [-0.05, 0) is 0 Å². The third-order valence-corrected chi connectivity index (χ3v) is 9.59. The summed E-state index contributed by atoms with van der Waals surface area (Å²) >= 11 is 2.39.